The maximum absolute atomic E-state index is 13.3. The van der Waals surface area contributed by atoms with Crippen molar-refractivity contribution in [3.63, 3.8) is 0 Å². The topological polar surface area (TPSA) is 38.1 Å². The summed E-state index contributed by atoms with van der Waals surface area (Å²) in [5.74, 6) is -0.269. The molecule has 1 aromatic carbocycles. The Labute approximate surface area is 99.7 Å². The largest absolute Gasteiger partial charge is 0.392 e. The Kier molecular flexibility index (Phi) is 3.01. The molecule has 1 aromatic heterocycles. The molecule has 0 atom stereocenters. The minimum absolute atomic E-state index is 0.0626. The number of aliphatic hydroxyl groups excluding tert-OH is 1. The average Bonchev–Trinajstić information content (AvgIpc) is 2.70. The second-order valence-corrected chi connectivity index (χ2v) is 4.21. The van der Waals surface area contributed by atoms with Crippen LogP contribution in [0.2, 0.25) is 0 Å². The van der Waals surface area contributed by atoms with E-state index in [0.717, 1.165) is 0 Å². The van der Waals surface area contributed by atoms with E-state index in [1.807, 2.05) is 22.6 Å². The van der Waals surface area contributed by atoms with Gasteiger partial charge in [-0.1, -0.05) is 0 Å². The molecule has 0 radical (unpaired) electrons. The first-order valence-corrected chi connectivity index (χ1v) is 5.38. The van der Waals surface area contributed by atoms with Crippen LogP contribution < -0.4 is 0 Å². The predicted molar refractivity (Wildman–Crippen MR) is 62.2 cm³/mol. The van der Waals surface area contributed by atoms with Crippen molar-refractivity contribution < 1.29 is 9.50 Å². The summed E-state index contributed by atoms with van der Waals surface area (Å²) < 4.78 is 15.4. The summed E-state index contributed by atoms with van der Waals surface area (Å²) in [4.78, 5) is 0. The van der Waals surface area contributed by atoms with Crippen LogP contribution in [0.25, 0.3) is 5.69 Å². The Morgan fingerprint density at radius 2 is 2.27 bits per heavy atom. The molecule has 0 amide bonds. The minimum Gasteiger partial charge on any atom is -0.392 e. The molecule has 15 heavy (non-hydrogen) atoms. The number of rotatable bonds is 2. The number of halogens is 2. The molecule has 78 valence electrons. The number of hydrogen-bond donors (Lipinski definition) is 1. The average molecular weight is 318 g/mol. The summed E-state index contributed by atoms with van der Waals surface area (Å²) in [5, 5.41) is 12.9. The molecular weight excluding hydrogens is 310 g/mol. The number of aromatic nitrogens is 2. The van der Waals surface area contributed by atoms with E-state index in [4.69, 9.17) is 5.11 Å². The Hall–Kier alpha value is -0.950. The monoisotopic (exact) mass is 318 g/mol. The van der Waals surface area contributed by atoms with Gasteiger partial charge in [0.1, 0.15) is 5.82 Å². The standard InChI is InChI=1S/C10H8FIN2O/c11-9-3-8(1-2-10(9)12)14-5-7(6-15)4-13-14/h1-5,15H,6H2. The van der Waals surface area contributed by atoms with Crippen molar-refractivity contribution in [1.29, 1.82) is 0 Å². The van der Waals surface area contributed by atoms with Crippen molar-refractivity contribution in [3.05, 3.63) is 45.5 Å². The quantitative estimate of drug-likeness (QED) is 0.861. The lowest BCUT2D eigenvalue weighted by Crippen LogP contribution is -1.95. The third-order valence-electron chi connectivity index (χ3n) is 1.99. The third-order valence-corrected chi connectivity index (χ3v) is 2.86. The van der Waals surface area contributed by atoms with Crippen molar-refractivity contribution in [2.75, 3.05) is 0 Å². The maximum Gasteiger partial charge on any atom is 0.138 e. The zero-order valence-corrected chi connectivity index (χ0v) is 9.85. The molecule has 0 aliphatic heterocycles. The molecule has 0 spiro atoms. The molecule has 0 aliphatic carbocycles. The van der Waals surface area contributed by atoms with Gasteiger partial charge in [0, 0.05) is 21.4 Å². The van der Waals surface area contributed by atoms with Gasteiger partial charge >= 0.3 is 0 Å². The van der Waals surface area contributed by atoms with E-state index in [1.165, 1.54) is 10.7 Å². The lowest BCUT2D eigenvalue weighted by molar-refractivity contribution is 0.282. The summed E-state index contributed by atoms with van der Waals surface area (Å²) in [7, 11) is 0. The molecule has 5 heteroatoms. The summed E-state index contributed by atoms with van der Waals surface area (Å²) in [5.41, 5.74) is 1.35. The van der Waals surface area contributed by atoms with Gasteiger partial charge in [0.25, 0.3) is 0 Å². The van der Waals surface area contributed by atoms with E-state index in [2.05, 4.69) is 5.10 Å². The molecule has 0 bridgehead atoms. The minimum atomic E-state index is -0.269. The fourth-order valence-corrected chi connectivity index (χ4v) is 1.55. The smallest absolute Gasteiger partial charge is 0.138 e. The Morgan fingerprint density at radius 1 is 1.47 bits per heavy atom. The van der Waals surface area contributed by atoms with Crippen molar-refractivity contribution in [3.8, 4) is 5.69 Å². The van der Waals surface area contributed by atoms with Crippen LogP contribution in [0, 0.1) is 9.39 Å². The molecular formula is C10H8FIN2O. The van der Waals surface area contributed by atoms with Crippen LogP contribution in [0.4, 0.5) is 4.39 Å². The molecule has 0 saturated carbocycles. The van der Waals surface area contributed by atoms with Gasteiger partial charge in [0.05, 0.1) is 18.5 Å². The van der Waals surface area contributed by atoms with Crippen LogP contribution in [0.5, 0.6) is 0 Å². The number of hydrogen-bond acceptors (Lipinski definition) is 2. The molecule has 0 aliphatic rings. The van der Waals surface area contributed by atoms with Crippen LogP contribution in [0.1, 0.15) is 5.56 Å². The zero-order valence-electron chi connectivity index (χ0n) is 7.69. The number of benzene rings is 1. The predicted octanol–water partition coefficient (Wildman–Crippen LogP) is 2.11. The summed E-state index contributed by atoms with van der Waals surface area (Å²) in [6.07, 6.45) is 3.22. The van der Waals surface area contributed by atoms with Gasteiger partial charge in [-0.3, -0.25) is 0 Å². The lowest BCUT2D eigenvalue weighted by atomic mass is 10.3. The van der Waals surface area contributed by atoms with Gasteiger partial charge in [-0.2, -0.15) is 5.10 Å². The molecule has 0 fully saturated rings. The van der Waals surface area contributed by atoms with Crippen molar-refractivity contribution in [2.24, 2.45) is 0 Å². The summed E-state index contributed by atoms with van der Waals surface area (Å²) >= 11 is 1.93. The Bertz CT molecular complexity index is 484. The molecule has 1 N–H and O–H groups in total. The van der Waals surface area contributed by atoms with Crippen molar-refractivity contribution in [2.45, 2.75) is 6.61 Å². The third kappa shape index (κ3) is 2.18. The normalized spacial score (nSPS) is 10.6. The second kappa shape index (κ2) is 4.28. The van der Waals surface area contributed by atoms with E-state index < -0.39 is 0 Å². The van der Waals surface area contributed by atoms with Gasteiger partial charge in [0.2, 0.25) is 0 Å². The van der Waals surface area contributed by atoms with Gasteiger partial charge < -0.3 is 5.11 Å². The Balaban J connectivity index is 2.40. The fraction of sp³-hybridized carbons (Fsp3) is 0.100. The van der Waals surface area contributed by atoms with Gasteiger partial charge in [0.15, 0.2) is 0 Å². The van der Waals surface area contributed by atoms with E-state index in [-0.39, 0.29) is 12.4 Å². The second-order valence-electron chi connectivity index (χ2n) is 3.05. The lowest BCUT2D eigenvalue weighted by Gasteiger charge is -2.01. The highest BCUT2D eigenvalue weighted by Gasteiger charge is 2.03. The number of aliphatic hydroxyl groups is 1. The van der Waals surface area contributed by atoms with Crippen molar-refractivity contribution in [1.82, 2.24) is 9.78 Å². The SMILES string of the molecule is OCc1cnn(-c2ccc(I)c(F)c2)c1. The van der Waals surface area contributed by atoms with Crippen LogP contribution in [0.15, 0.2) is 30.6 Å². The first-order chi connectivity index (χ1) is 7.20. The van der Waals surface area contributed by atoms with E-state index >= 15 is 0 Å². The van der Waals surface area contributed by atoms with Crippen molar-refractivity contribution >= 4 is 22.6 Å². The van der Waals surface area contributed by atoms with Crippen LogP contribution in [-0.2, 0) is 6.61 Å². The molecule has 0 unspecified atom stereocenters. The highest BCUT2D eigenvalue weighted by Crippen LogP contribution is 2.15. The molecule has 2 rings (SSSR count). The highest BCUT2D eigenvalue weighted by atomic mass is 127. The summed E-state index contributed by atoms with van der Waals surface area (Å²) in [6.45, 7) is -0.0626. The molecule has 1 heterocycles. The molecule has 2 aromatic rings. The first kappa shape index (κ1) is 10.6. The Morgan fingerprint density at radius 3 is 2.87 bits per heavy atom. The van der Waals surface area contributed by atoms with Crippen LogP contribution in [-0.4, -0.2) is 14.9 Å². The maximum atomic E-state index is 13.3. The molecule has 3 nitrogen and oxygen atoms in total. The zero-order chi connectivity index (χ0) is 10.8. The van der Waals surface area contributed by atoms with Crippen LogP contribution in [0.3, 0.4) is 0 Å². The van der Waals surface area contributed by atoms with E-state index in [9.17, 15) is 4.39 Å². The van der Waals surface area contributed by atoms with Crippen LogP contribution >= 0.6 is 22.6 Å². The van der Waals surface area contributed by atoms with Gasteiger partial charge in [-0.25, -0.2) is 9.07 Å². The van der Waals surface area contributed by atoms with E-state index in [1.54, 1.807) is 24.5 Å². The number of nitrogens with zero attached hydrogens (tertiary/aromatic N) is 2. The van der Waals surface area contributed by atoms with E-state index in [0.29, 0.717) is 14.8 Å². The first-order valence-electron chi connectivity index (χ1n) is 4.30. The highest BCUT2D eigenvalue weighted by molar-refractivity contribution is 14.1. The van der Waals surface area contributed by atoms with Gasteiger partial charge in [-0.05, 0) is 34.7 Å². The fourth-order valence-electron chi connectivity index (χ4n) is 1.21. The van der Waals surface area contributed by atoms with Gasteiger partial charge in [-0.15, -0.1) is 0 Å². The summed E-state index contributed by atoms with van der Waals surface area (Å²) in [6, 6.07) is 4.88. The molecule has 0 saturated heterocycles.